The number of ether oxygens (including phenoxy) is 2. The highest BCUT2D eigenvalue weighted by Crippen LogP contribution is 2.35. The molecule has 1 atom stereocenters. The Morgan fingerprint density at radius 1 is 1.16 bits per heavy atom. The van der Waals surface area contributed by atoms with Crippen molar-refractivity contribution in [3.63, 3.8) is 0 Å². The number of hydrogen-bond acceptors (Lipinski definition) is 7. The van der Waals surface area contributed by atoms with Crippen molar-refractivity contribution in [1.29, 1.82) is 0 Å². The van der Waals surface area contributed by atoms with Gasteiger partial charge in [-0.05, 0) is 72.5 Å². The Kier molecular flexibility index (Phi) is 8.11. The fourth-order valence-electron chi connectivity index (χ4n) is 5.83. The molecule has 6 rings (SSSR count). The number of likely N-dealkylation sites (tertiary alicyclic amines) is 1. The Bertz CT molecular complexity index is 1970. The van der Waals surface area contributed by atoms with Crippen molar-refractivity contribution in [3.8, 4) is 5.75 Å². The molecule has 0 spiro atoms. The van der Waals surface area contributed by atoms with Crippen LogP contribution in [0.5, 0.6) is 5.75 Å². The van der Waals surface area contributed by atoms with Crippen LogP contribution in [0.15, 0.2) is 74.2 Å². The molecule has 2 aromatic heterocycles. The summed E-state index contributed by atoms with van der Waals surface area (Å²) < 4.78 is 15.5. The molecule has 11 heteroatoms. The molecule has 0 bridgehead atoms. The summed E-state index contributed by atoms with van der Waals surface area (Å²) in [6.45, 7) is 5.54. The zero-order valence-electron chi connectivity index (χ0n) is 24.1. The quantitative estimate of drug-likeness (QED) is 0.277. The largest absolute Gasteiger partial charge is 0.496 e. The number of aromatic nitrogens is 2. The number of benzene rings is 2. The number of halogens is 1. The first-order valence-electron chi connectivity index (χ1n) is 14.2. The number of hydrogen-bond donors (Lipinski definition) is 0. The number of methoxy groups -OCH3 is 1. The molecule has 4 aromatic rings. The van der Waals surface area contributed by atoms with Crippen molar-refractivity contribution in [3.05, 3.63) is 95.2 Å². The van der Waals surface area contributed by atoms with Gasteiger partial charge in [0, 0.05) is 35.8 Å². The molecule has 222 valence electrons. The van der Waals surface area contributed by atoms with Crippen LogP contribution in [0.1, 0.15) is 43.9 Å². The Morgan fingerprint density at radius 2 is 1.93 bits per heavy atom. The van der Waals surface area contributed by atoms with Gasteiger partial charge in [-0.15, -0.1) is 0 Å². The summed E-state index contributed by atoms with van der Waals surface area (Å²) in [5.74, 6) is 0.214. The maximum Gasteiger partial charge on any atom is 0.338 e. The topological polar surface area (TPSA) is 95.1 Å². The predicted octanol–water partition coefficient (Wildman–Crippen LogP) is 4.15. The van der Waals surface area contributed by atoms with Gasteiger partial charge >= 0.3 is 5.97 Å². The normalized spacial score (nSPS) is 16.9. The van der Waals surface area contributed by atoms with E-state index >= 15 is 0 Å². The molecule has 1 saturated heterocycles. The van der Waals surface area contributed by atoms with Gasteiger partial charge in [-0.2, -0.15) is 0 Å². The van der Waals surface area contributed by atoms with Gasteiger partial charge in [-0.1, -0.05) is 35.6 Å². The highest BCUT2D eigenvalue weighted by molar-refractivity contribution is 9.10. The van der Waals surface area contributed by atoms with Crippen LogP contribution in [0.25, 0.3) is 17.0 Å². The number of carbonyl (C=O) groups excluding carboxylic acids is 2. The molecular formula is C32H31BrN4O5S. The Labute approximate surface area is 260 Å². The monoisotopic (exact) mass is 662 g/mol. The second-order valence-electron chi connectivity index (χ2n) is 10.5. The second kappa shape index (κ2) is 12.0. The summed E-state index contributed by atoms with van der Waals surface area (Å²) in [4.78, 5) is 47.4. The van der Waals surface area contributed by atoms with E-state index in [-0.39, 0.29) is 24.6 Å². The third-order valence-corrected chi connectivity index (χ3v) is 9.48. The maximum absolute atomic E-state index is 14.1. The number of esters is 1. The number of nitrogens with zero attached hydrogens (tertiary/aromatic N) is 4. The summed E-state index contributed by atoms with van der Waals surface area (Å²) in [5, 5.41) is 0.946. The number of carbonyl (C=O) groups is 2. The second-order valence-corrected chi connectivity index (χ2v) is 12.4. The van der Waals surface area contributed by atoms with Gasteiger partial charge in [0.05, 0.1) is 40.0 Å². The molecule has 4 heterocycles. The van der Waals surface area contributed by atoms with Gasteiger partial charge in [-0.25, -0.2) is 9.79 Å². The number of fused-ring (bicyclic) bond motifs is 2. The summed E-state index contributed by atoms with van der Waals surface area (Å²) in [6, 6.07) is 12.6. The van der Waals surface area contributed by atoms with Crippen LogP contribution in [0.3, 0.4) is 0 Å². The van der Waals surface area contributed by atoms with Gasteiger partial charge in [0.15, 0.2) is 4.80 Å². The third-order valence-electron chi connectivity index (χ3n) is 7.88. The first-order valence-corrected chi connectivity index (χ1v) is 15.8. The predicted molar refractivity (Wildman–Crippen MR) is 169 cm³/mol. The average molecular weight is 664 g/mol. The molecule has 2 aliphatic heterocycles. The van der Waals surface area contributed by atoms with E-state index < -0.39 is 12.0 Å². The molecule has 0 unspecified atom stereocenters. The molecule has 0 N–H and O–H groups in total. The number of para-hydroxylation sites is 1. The minimum atomic E-state index is -0.737. The van der Waals surface area contributed by atoms with Crippen LogP contribution in [0, 0.1) is 0 Å². The molecule has 0 saturated carbocycles. The van der Waals surface area contributed by atoms with Crippen molar-refractivity contribution in [2.24, 2.45) is 4.99 Å². The van der Waals surface area contributed by atoms with Crippen LogP contribution in [0.4, 0.5) is 0 Å². The smallest absolute Gasteiger partial charge is 0.338 e. The van der Waals surface area contributed by atoms with E-state index in [4.69, 9.17) is 9.47 Å². The first kappa shape index (κ1) is 29.1. The molecule has 2 aliphatic rings. The van der Waals surface area contributed by atoms with Crippen molar-refractivity contribution in [2.45, 2.75) is 39.3 Å². The zero-order chi connectivity index (χ0) is 30.2. The minimum absolute atomic E-state index is 0.0943. The first-order chi connectivity index (χ1) is 20.8. The van der Waals surface area contributed by atoms with Crippen LogP contribution in [-0.2, 0) is 20.9 Å². The SMILES string of the molecule is CCOC(=O)C1=C(C)N=c2s/c(=C/c3cn(CC(=O)N4CCCC4)c4ccccc34)c(=O)n2[C@@H]1c1ccc(OC)c(Br)c1. The minimum Gasteiger partial charge on any atom is -0.496 e. The van der Waals surface area contributed by atoms with E-state index in [0.717, 1.165) is 48.0 Å². The molecule has 0 radical (unpaired) electrons. The molecular weight excluding hydrogens is 632 g/mol. The summed E-state index contributed by atoms with van der Waals surface area (Å²) >= 11 is 4.82. The Morgan fingerprint density at radius 3 is 2.65 bits per heavy atom. The average Bonchev–Trinajstić information content (AvgIpc) is 3.72. The summed E-state index contributed by atoms with van der Waals surface area (Å²) in [6.07, 6.45) is 5.86. The van der Waals surface area contributed by atoms with Gasteiger partial charge in [0.1, 0.15) is 12.3 Å². The van der Waals surface area contributed by atoms with E-state index in [1.807, 2.05) is 58.1 Å². The van der Waals surface area contributed by atoms with Crippen LogP contribution >= 0.6 is 27.3 Å². The van der Waals surface area contributed by atoms with Crippen molar-refractivity contribution in [1.82, 2.24) is 14.0 Å². The fraction of sp³-hybridized carbons (Fsp3) is 0.312. The van der Waals surface area contributed by atoms with Crippen LogP contribution in [-0.4, -0.2) is 52.7 Å². The standard InChI is InChI=1S/C32H31BrN4O5S/c1-4-42-31(40)28-19(2)34-32-37(29(28)20-11-12-25(41-3)23(33)15-20)30(39)26(43-32)16-21-17-36(24-10-6-5-9-22(21)24)18-27(38)35-13-7-8-14-35/h5-6,9-12,15-17,29H,4,7-8,13-14,18H2,1-3H3/b26-16+/t29-/m1/s1. The van der Waals surface area contributed by atoms with Crippen LogP contribution < -0.4 is 19.6 Å². The van der Waals surface area contributed by atoms with E-state index in [1.54, 1.807) is 31.6 Å². The fourth-order valence-corrected chi connectivity index (χ4v) is 7.43. The van der Waals surface area contributed by atoms with E-state index in [1.165, 1.54) is 11.3 Å². The summed E-state index contributed by atoms with van der Waals surface area (Å²) in [5.41, 5.74) is 3.03. The van der Waals surface area contributed by atoms with E-state index in [0.29, 0.717) is 30.8 Å². The van der Waals surface area contributed by atoms with E-state index in [2.05, 4.69) is 20.9 Å². The number of amides is 1. The van der Waals surface area contributed by atoms with E-state index in [9.17, 15) is 14.4 Å². The van der Waals surface area contributed by atoms with Gasteiger partial charge < -0.3 is 18.9 Å². The molecule has 1 fully saturated rings. The lowest BCUT2D eigenvalue weighted by Crippen LogP contribution is -2.39. The Hall–Kier alpha value is -3.96. The van der Waals surface area contributed by atoms with Crippen molar-refractivity contribution in [2.75, 3.05) is 26.8 Å². The number of thiazole rings is 1. The summed E-state index contributed by atoms with van der Waals surface area (Å²) in [7, 11) is 1.58. The van der Waals surface area contributed by atoms with Crippen LogP contribution in [0.2, 0.25) is 0 Å². The molecule has 1 amide bonds. The van der Waals surface area contributed by atoms with Gasteiger partial charge in [0.25, 0.3) is 5.56 Å². The van der Waals surface area contributed by atoms with Gasteiger partial charge in [-0.3, -0.25) is 14.2 Å². The highest BCUT2D eigenvalue weighted by Gasteiger charge is 2.33. The molecule has 2 aromatic carbocycles. The lowest BCUT2D eigenvalue weighted by molar-refractivity contribution is -0.139. The lowest BCUT2D eigenvalue weighted by atomic mass is 9.96. The third kappa shape index (κ3) is 5.36. The van der Waals surface area contributed by atoms with Crippen molar-refractivity contribution >= 4 is 56.1 Å². The number of rotatable bonds is 7. The highest BCUT2D eigenvalue weighted by atomic mass is 79.9. The molecule has 9 nitrogen and oxygen atoms in total. The maximum atomic E-state index is 14.1. The molecule has 43 heavy (non-hydrogen) atoms. The lowest BCUT2D eigenvalue weighted by Gasteiger charge is -2.25. The Balaban J connectivity index is 1.49. The van der Waals surface area contributed by atoms with Crippen molar-refractivity contribution < 1.29 is 19.1 Å². The number of allylic oxidation sites excluding steroid dienone is 1. The zero-order valence-corrected chi connectivity index (χ0v) is 26.5. The molecule has 0 aliphatic carbocycles. The van der Waals surface area contributed by atoms with Gasteiger partial charge in [0.2, 0.25) is 5.91 Å².